The second-order valence-electron chi connectivity index (χ2n) is 8.17. The first-order valence-electron chi connectivity index (χ1n) is 10.6. The number of nitrogens with two attached hydrogens (primary N) is 1. The molecule has 4 rings (SSSR count). The summed E-state index contributed by atoms with van der Waals surface area (Å²) in [6.45, 7) is 1.69. The number of thiophene rings is 1. The van der Waals surface area contributed by atoms with E-state index in [1.807, 2.05) is 0 Å². The highest BCUT2D eigenvalue weighted by molar-refractivity contribution is 7.89. The van der Waals surface area contributed by atoms with Crippen molar-refractivity contribution < 1.29 is 26.0 Å². The number of carbonyl (C=O) groups excluding carboxylic acids is 1. The number of sulfonamides is 2. The van der Waals surface area contributed by atoms with Crippen LogP contribution in [0.5, 0.6) is 0 Å². The summed E-state index contributed by atoms with van der Waals surface area (Å²) >= 11 is 7.20. The van der Waals surface area contributed by atoms with Gasteiger partial charge < -0.3 is 4.90 Å². The number of nitrogens with one attached hydrogen (secondary N) is 1. The summed E-state index contributed by atoms with van der Waals surface area (Å²) in [5, 5.41) is 5.27. The molecule has 0 spiro atoms. The van der Waals surface area contributed by atoms with Gasteiger partial charge in [-0.2, -0.15) is 0 Å². The molecule has 2 aromatic carbocycles. The maximum absolute atomic E-state index is 15.1. The van der Waals surface area contributed by atoms with Gasteiger partial charge in [-0.15, -0.1) is 11.3 Å². The Kier molecular flexibility index (Phi) is 7.26. The number of primary sulfonamides is 1. The molecule has 190 valence electrons. The zero-order valence-corrected chi connectivity index (χ0v) is 22.0. The van der Waals surface area contributed by atoms with Crippen molar-refractivity contribution in [3.8, 4) is 11.1 Å². The van der Waals surface area contributed by atoms with Crippen molar-refractivity contribution >= 4 is 54.6 Å². The van der Waals surface area contributed by atoms with E-state index in [0.717, 1.165) is 15.8 Å². The molecule has 1 aliphatic rings. The summed E-state index contributed by atoms with van der Waals surface area (Å²) in [5.41, 5.74) is 0.216. The van der Waals surface area contributed by atoms with Crippen molar-refractivity contribution in [2.75, 3.05) is 17.2 Å². The van der Waals surface area contributed by atoms with E-state index in [1.165, 1.54) is 47.7 Å². The van der Waals surface area contributed by atoms with E-state index in [1.54, 1.807) is 25.1 Å². The molecule has 0 aliphatic carbocycles. The number of hydrogen-bond donors (Lipinski definition) is 2. The van der Waals surface area contributed by atoms with Gasteiger partial charge in [0.1, 0.15) is 11.5 Å². The van der Waals surface area contributed by atoms with E-state index in [2.05, 4.69) is 4.72 Å². The molecule has 1 unspecified atom stereocenters. The maximum Gasteiger partial charge on any atom is 0.275 e. The van der Waals surface area contributed by atoms with Gasteiger partial charge in [-0.1, -0.05) is 42.8 Å². The Bertz CT molecular complexity index is 1590. The lowest BCUT2D eigenvalue weighted by Crippen LogP contribution is -2.35. The Hall–Kier alpha value is -2.77. The minimum absolute atomic E-state index is 0.0448. The molecule has 0 saturated heterocycles. The Morgan fingerprint density at radius 3 is 2.50 bits per heavy atom. The lowest BCUT2D eigenvalue weighted by Gasteiger charge is -2.19. The fourth-order valence-corrected chi connectivity index (χ4v) is 7.26. The van der Waals surface area contributed by atoms with Gasteiger partial charge in [0.05, 0.1) is 20.7 Å². The molecule has 2 heterocycles. The summed E-state index contributed by atoms with van der Waals surface area (Å²) in [5.74, 6) is -2.10. The molecule has 3 N–H and O–H groups in total. The minimum atomic E-state index is -4.05. The van der Waals surface area contributed by atoms with Crippen LogP contribution in [0.25, 0.3) is 11.1 Å². The fraction of sp³-hybridized carbons (Fsp3) is 0.174. The largest absolute Gasteiger partial charge is 0.300 e. The van der Waals surface area contributed by atoms with E-state index in [4.69, 9.17) is 16.7 Å². The molecule has 0 bridgehead atoms. The quantitative estimate of drug-likeness (QED) is 0.426. The van der Waals surface area contributed by atoms with Crippen LogP contribution >= 0.6 is 22.9 Å². The minimum Gasteiger partial charge on any atom is -0.300 e. The van der Waals surface area contributed by atoms with Crippen LogP contribution in [-0.4, -0.2) is 35.0 Å². The van der Waals surface area contributed by atoms with Crippen LogP contribution in [0, 0.1) is 5.82 Å². The maximum atomic E-state index is 15.1. The van der Waals surface area contributed by atoms with E-state index < -0.39 is 31.8 Å². The van der Waals surface area contributed by atoms with Crippen molar-refractivity contribution in [3.05, 3.63) is 81.4 Å². The van der Waals surface area contributed by atoms with Gasteiger partial charge in [-0.05, 0) is 42.0 Å². The summed E-state index contributed by atoms with van der Waals surface area (Å²) in [6.07, 6.45) is 1.37. The highest BCUT2D eigenvalue weighted by Gasteiger charge is 2.31. The molecule has 0 radical (unpaired) electrons. The first kappa shape index (κ1) is 26.3. The van der Waals surface area contributed by atoms with Crippen LogP contribution in [0.4, 0.5) is 10.1 Å². The van der Waals surface area contributed by atoms with Gasteiger partial charge in [0.15, 0.2) is 0 Å². The standard InChI is InChI=1S/C23H21ClFN3O5S3/c1-14(20-8-9-22(24)34-20)13-35(30,31)27-18-10-11-28(23(18)29)19-7-6-15(12-17(19)25)16-4-2-3-5-21(16)36(26,32)33/h2-10,12,14,27H,11,13H2,1H3,(H2,26,32,33). The van der Waals surface area contributed by atoms with E-state index in [-0.39, 0.29) is 45.6 Å². The van der Waals surface area contributed by atoms with Gasteiger partial charge in [-0.25, -0.2) is 26.4 Å². The van der Waals surface area contributed by atoms with Gasteiger partial charge in [0, 0.05) is 22.9 Å². The zero-order chi connectivity index (χ0) is 26.3. The number of nitrogens with zero attached hydrogens (tertiary/aromatic N) is 1. The molecular weight excluding hydrogens is 549 g/mol. The smallest absolute Gasteiger partial charge is 0.275 e. The highest BCUT2D eigenvalue weighted by atomic mass is 35.5. The first-order chi connectivity index (χ1) is 16.9. The SMILES string of the molecule is CC(CS(=O)(=O)NC1=CCN(c2ccc(-c3ccccc3S(N)(=O)=O)cc2F)C1=O)c1ccc(Cl)s1. The first-order valence-corrected chi connectivity index (χ1v) is 14.9. The predicted octanol–water partition coefficient (Wildman–Crippen LogP) is 3.81. The lowest BCUT2D eigenvalue weighted by molar-refractivity contribution is -0.114. The predicted molar refractivity (Wildman–Crippen MR) is 138 cm³/mol. The molecule has 36 heavy (non-hydrogen) atoms. The highest BCUT2D eigenvalue weighted by Crippen LogP contribution is 2.32. The summed E-state index contributed by atoms with van der Waals surface area (Å²) < 4.78 is 67.0. The third-order valence-corrected chi connectivity index (χ3v) is 9.41. The van der Waals surface area contributed by atoms with Crippen LogP contribution in [0.3, 0.4) is 0 Å². The summed E-state index contributed by atoms with van der Waals surface area (Å²) in [7, 11) is -7.92. The second-order valence-corrected chi connectivity index (χ2v) is 13.2. The topological polar surface area (TPSA) is 127 Å². The number of rotatable bonds is 8. The number of carbonyl (C=O) groups is 1. The molecule has 3 aromatic rings. The van der Waals surface area contributed by atoms with Crippen LogP contribution in [0.1, 0.15) is 17.7 Å². The monoisotopic (exact) mass is 569 g/mol. The molecule has 0 saturated carbocycles. The Morgan fingerprint density at radius 2 is 1.86 bits per heavy atom. The van der Waals surface area contributed by atoms with Crippen LogP contribution in [-0.2, 0) is 24.8 Å². The van der Waals surface area contributed by atoms with Crippen LogP contribution in [0.15, 0.2) is 71.3 Å². The van der Waals surface area contributed by atoms with Crippen molar-refractivity contribution in [2.45, 2.75) is 17.7 Å². The molecular formula is C23H21ClFN3O5S3. The summed E-state index contributed by atoms with van der Waals surface area (Å²) in [4.78, 5) is 14.6. The third kappa shape index (κ3) is 5.62. The molecule has 1 aromatic heterocycles. The van der Waals surface area contributed by atoms with Crippen LogP contribution < -0.4 is 14.8 Å². The van der Waals surface area contributed by atoms with Gasteiger partial charge >= 0.3 is 0 Å². The number of halogens is 2. The molecule has 8 nitrogen and oxygen atoms in total. The number of anilines is 1. The molecule has 1 aliphatic heterocycles. The van der Waals surface area contributed by atoms with E-state index in [0.29, 0.717) is 4.34 Å². The summed E-state index contributed by atoms with van der Waals surface area (Å²) in [6, 6.07) is 13.2. The van der Waals surface area contributed by atoms with Crippen molar-refractivity contribution in [1.82, 2.24) is 4.72 Å². The zero-order valence-electron chi connectivity index (χ0n) is 18.8. The molecule has 1 amide bonds. The van der Waals surface area contributed by atoms with E-state index >= 15 is 4.39 Å². The van der Waals surface area contributed by atoms with Crippen molar-refractivity contribution in [1.29, 1.82) is 0 Å². The van der Waals surface area contributed by atoms with Gasteiger partial charge in [0.2, 0.25) is 20.0 Å². The normalized spacial score (nSPS) is 15.2. The molecule has 0 fully saturated rings. The third-order valence-electron chi connectivity index (χ3n) is 5.51. The Morgan fingerprint density at radius 1 is 1.14 bits per heavy atom. The number of hydrogen-bond acceptors (Lipinski definition) is 6. The van der Waals surface area contributed by atoms with Crippen molar-refractivity contribution in [3.63, 3.8) is 0 Å². The Labute approximate surface area is 217 Å². The number of benzene rings is 2. The average Bonchev–Trinajstić information content (AvgIpc) is 3.38. The van der Waals surface area contributed by atoms with Gasteiger partial charge in [-0.3, -0.25) is 9.52 Å². The molecule has 13 heteroatoms. The van der Waals surface area contributed by atoms with Crippen LogP contribution in [0.2, 0.25) is 4.34 Å². The average molecular weight is 570 g/mol. The lowest BCUT2D eigenvalue weighted by atomic mass is 10.0. The van der Waals surface area contributed by atoms with E-state index in [9.17, 15) is 21.6 Å². The second kappa shape index (κ2) is 9.94. The number of amides is 1. The van der Waals surface area contributed by atoms with Crippen molar-refractivity contribution in [2.24, 2.45) is 5.14 Å². The van der Waals surface area contributed by atoms with Gasteiger partial charge in [0.25, 0.3) is 5.91 Å². The Balaban J connectivity index is 1.51. The molecule has 1 atom stereocenters. The fourth-order valence-electron chi connectivity index (χ4n) is 3.85.